The summed E-state index contributed by atoms with van der Waals surface area (Å²) in [5.74, 6) is 1.90. The van der Waals surface area contributed by atoms with Crippen molar-refractivity contribution in [3.63, 3.8) is 0 Å². The van der Waals surface area contributed by atoms with Crippen LogP contribution in [0.5, 0.6) is 17.4 Å². The summed E-state index contributed by atoms with van der Waals surface area (Å²) < 4.78 is 16.4. The highest BCUT2D eigenvalue weighted by Crippen LogP contribution is 2.26. The van der Waals surface area contributed by atoms with E-state index in [1.54, 1.807) is 25.4 Å². The SMILES string of the molecule is COc1cccc(Oc2ccc(NC(=O)[C@H]3CCCN(C4CCOCC4)C3)cn2)c1. The first-order valence-corrected chi connectivity index (χ1v) is 10.6. The van der Waals surface area contributed by atoms with Crippen molar-refractivity contribution >= 4 is 11.6 Å². The van der Waals surface area contributed by atoms with E-state index in [1.807, 2.05) is 24.3 Å². The zero-order chi connectivity index (χ0) is 20.8. The van der Waals surface area contributed by atoms with E-state index in [-0.39, 0.29) is 11.8 Å². The Kier molecular flexibility index (Phi) is 6.81. The summed E-state index contributed by atoms with van der Waals surface area (Å²) >= 11 is 0. The normalized spacial score (nSPS) is 20.5. The lowest BCUT2D eigenvalue weighted by Crippen LogP contribution is -2.47. The second kappa shape index (κ2) is 9.91. The number of rotatable bonds is 6. The van der Waals surface area contributed by atoms with Crippen LogP contribution in [0.25, 0.3) is 0 Å². The number of nitrogens with one attached hydrogen (secondary N) is 1. The van der Waals surface area contributed by atoms with Crippen LogP contribution in [0.4, 0.5) is 5.69 Å². The molecule has 4 rings (SSSR count). The lowest BCUT2D eigenvalue weighted by molar-refractivity contribution is -0.122. The number of methoxy groups -OCH3 is 1. The van der Waals surface area contributed by atoms with E-state index in [1.165, 1.54) is 0 Å². The summed E-state index contributed by atoms with van der Waals surface area (Å²) in [4.78, 5) is 19.6. The van der Waals surface area contributed by atoms with Crippen LogP contribution in [0.1, 0.15) is 25.7 Å². The monoisotopic (exact) mass is 411 g/mol. The van der Waals surface area contributed by atoms with Gasteiger partial charge in [0.2, 0.25) is 11.8 Å². The largest absolute Gasteiger partial charge is 0.497 e. The smallest absolute Gasteiger partial charge is 0.228 e. The summed E-state index contributed by atoms with van der Waals surface area (Å²) in [5.41, 5.74) is 0.682. The summed E-state index contributed by atoms with van der Waals surface area (Å²) in [6.45, 7) is 3.55. The van der Waals surface area contributed by atoms with Crippen LogP contribution in [0, 0.1) is 5.92 Å². The first-order valence-electron chi connectivity index (χ1n) is 10.6. The van der Waals surface area contributed by atoms with Crippen molar-refractivity contribution in [2.24, 2.45) is 5.92 Å². The molecule has 2 fully saturated rings. The third-order valence-electron chi connectivity index (χ3n) is 5.80. The zero-order valence-corrected chi connectivity index (χ0v) is 17.4. The van der Waals surface area contributed by atoms with E-state index < -0.39 is 0 Å². The molecule has 30 heavy (non-hydrogen) atoms. The number of piperidine rings is 1. The molecule has 2 aliphatic rings. The van der Waals surface area contributed by atoms with Crippen LogP contribution < -0.4 is 14.8 Å². The molecule has 1 amide bonds. The number of aromatic nitrogens is 1. The molecule has 0 unspecified atom stereocenters. The molecular weight excluding hydrogens is 382 g/mol. The third kappa shape index (κ3) is 5.29. The van der Waals surface area contributed by atoms with Crippen LogP contribution in [0.3, 0.4) is 0 Å². The van der Waals surface area contributed by atoms with E-state index >= 15 is 0 Å². The van der Waals surface area contributed by atoms with Gasteiger partial charge >= 0.3 is 0 Å². The molecule has 0 radical (unpaired) electrons. The Labute approximate surface area is 177 Å². The summed E-state index contributed by atoms with van der Waals surface area (Å²) in [6.07, 6.45) is 5.74. The van der Waals surface area contributed by atoms with Gasteiger partial charge in [0.15, 0.2) is 0 Å². The number of carbonyl (C=O) groups is 1. The van der Waals surface area contributed by atoms with Crippen molar-refractivity contribution in [3.05, 3.63) is 42.6 Å². The molecule has 7 heteroatoms. The maximum Gasteiger partial charge on any atom is 0.228 e. The molecule has 160 valence electrons. The fourth-order valence-corrected chi connectivity index (χ4v) is 4.15. The number of hydrogen-bond donors (Lipinski definition) is 1. The second-order valence-electron chi connectivity index (χ2n) is 7.83. The number of ether oxygens (including phenoxy) is 3. The quantitative estimate of drug-likeness (QED) is 0.781. The van der Waals surface area contributed by atoms with Gasteiger partial charge in [-0.05, 0) is 50.4 Å². The summed E-state index contributed by atoms with van der Waals surface area (Å²) in [7, 11) is 1.62. The number of anilines is 1. The Morgan fingerprint density at radius 3 is 2.77 bits per heavy atom. The molecule has 2 aromatic rings. The van der Waals surface area contributed by atoms with Crippen LogP contribution in [0.15, 0.2) is 42.6 Å². The number of hydrogen-bond acceptors (Lipinski definition) is 6. The van der Waals surface area contributed by atoms with E-state index in [9.17, 15) is 4.79 Å². The fourth-order valence-electron chi connectivity index (χ4n) is 4.15. The van der Waals surface area contributed by atoms with Gasteiger partial charge in [-0.25, -0.2) is 4.98 Å². The molecule has 1 N–H and O–H groups in total. The summed E-state index contributed by atoms with van der Waals surface area (Å²) in [6, 6.07) is 11.5. The van der Waals surface area contributed by atoms with Crippen molar-refractivity contribution in [1.82, 2.24) is 9.88 Å². The summed E-state index contributed by atoms with van der Waals surface area (Å²) in [5, 5.41) is 3.02. The highest BCUT2D eigenvalue weighted by atomic mass is 16.5. The first kappa shape index (κ1) is 20.6. The number of carbonyl (C=O) groups excluding carboxylic acids is 1. The van der Waals surface area contributed by atoms with E-state index in [0.717, 1.165) is 57.7 Å². The van der Waals surface area contributed by atoms with Crippen LogP contribution in [-0.2, 0) is 9.53 Å². The van der Waals surface area contributed by atoms with Gasteiger partial charge in [-0.2, -0.15) is 0 Å². The highest BCUT2D eigenvalue weighted by molar-refractivity contribution is 5.92. The number of benzene rings is 1. The molecule has 2 aliphatic heterocycles. The van der Waals surface area contributed by atoms with Gasteiger partial charge in [0.25, 0.3) is 0 Å². The fraction of sp³-hybridized carbons (Fsp3) is 0.478. The van der Waals surface area contributed by atoms with E-state index in [4.69, 9.17) is 14.2 Å². The van der Waals surface area contributed by atoms with Crippen molar-refractivity contribution in [1.29, 1.82) is 0 Å². The maximum absolute atomic E-state index is 12.8. The minimum Gasteiger partial charge on any atom is -0.497 e. The van der Waals surface area contributed by atoms with Crippen LogP contribution >= 0.6 is 0 Å². The molecule has 0 bridgehead atoms. The third-order valence-corrected chi connectivity index (χ3v) is 5.80. The van der Waals surface area contributed by atoms with E-state index in [0.29, 0.717) is 23.4 Å². The van der Waals surface area contributed by atoms with Crippen molar-refractivity contribution in [2.45, 2.75) is 31.7 Å². The number of pyridine rings is 1. The number of likely N-dealkylation sites (tertiary alicyclic amines) is 1. The molecule has 0 spiro atoms. The topological polar surface area (TPSA) is 72.9 Å². The molecule has 0 saturated carbocycles. The molecule has 0 aliphatic carbocycles. The highest BCUT2D eigenvalue weighted by Gasteiger charge is 2.30. The van der Waals surface area contributed by atoms with Crippen molar-refractivity contribution < 1.29 is 19.0 Å². The number of nitrogens with zero attached hydrogens (tertiary/aromatic N) is 2. The van der Waals surface area contributed by atoms with Crippen molar-refractivity contribution in [3.8, 4) is 17.4 Å². The molecule has 1 aromatic heterocycles. The Bertz CT molecular complexity index is 837. The maximum atomic E-state index is 12.8. The van der Waals surface area contributed by atoms with Gasteiger partial charge in [0.05, 0.1) is 24.9 Å². The zero-order valence-electron chi connectivity index (χ0n) is 17.4. The van der Waals surface area contributed by atoms with Crippen molar-refractivity contribution in [2.75, 3.05) is 38.7 Å². The standard InChI is InChI=1S/C23H29N3O4/c1-28-20-5-2-6-21(14-20)30-22-8-7-18(15-24-22)25-23(27)17-4-3-11-26(16-17)19-9-12-29-13-10-19/h2,5-8,14-15,17,19H,3-4,9-13,16H2,1H3,(H,25,27)/t17-/m0/s1. The average molecular weight is 412 g/mol. The Balaban J connectivity index is 1.31. The molecule has 7 nitrogen and oxygen atoms in total. The first-order chi connectivity index (χ1) is 14.7. The molecule has 2 saturated heterocycles. The molecule has 3 heterocycles. The molecule has 1 aromatic carbocycles. The lowest BCUT2D eigenvalue weighted by Gasteiger charge is -2.39. The van der Waals surface area contributed by atoms with Gasteiger partial charge in [0.1, 0.15) is 11.5 Å². The average Bonchev–Trinajstić information content (AvgIpc) is 2.81. The van der Waals surface area contributed by atoms with Crippen LogP contribution in [-0.4, -0.2) is 55.2 Å². The molecule has 1 atom stereocenters. The van der Waals surface area contributed by atoms with E-state index in [2.05, 4.69) is 15.2 Å². The van der Waals surface area contributed by atoms with Gasteiger partial charge < -0.3 is 19.5 Å². The Morgan fingerprint density at radius 1 is 1.17 bits per heavy atom. The van der Waals surface area contributed by atoms with Gasteiger partial charge in [-0.1, -0.05) is 6.07 Å². The predicted molar refractivity (Wildman–Crippen MR) is 114 cm³/mol. The Hall–Kier alpha value is -2.64. The van der Waals surface area contributed by atoms with Crippen LogP contribution in [0.2, 0.25) is 0 Å². The number of amides is 1. The molecular formula is C23H29N3O4. The lowest BCUT2D eigenvalue weighted by atomic mass is 9.94. The minimum absolute atomic E-state index is 0.00862. The minimum atomic E-state index is 0.00862. The Morgan fingerprint density at radius 2 is 2.00 bits per heavy atom. The van der Waals surface area contributed by atoms with Gasteiger partial charge in [-0.15, -0.1) is 0 Å². The van der Waals surface area contributed by atoms with Gasteiger partial charge in [0, 0.05) is 37.9 Å². The predicted octanol–water partition coefficient (Wildman–Crippen LogP) is 3.71. The van der Waals surface area contributed by atoms with Gasteiger partial charge in [-0.3, -0.25) is 9.69 Å². The second-order valence-corrected chi connectivity index (χ2v) is 7.83.